The molecule has 0 unspecified atom stereocenters. The molecule has 0 amide bonds. The SMILES string of the molecule is NCc1ccc(Oc2ncn(-c3ccccc3)n2)cn1. The van der Waals surface area contributed by atoms with Gasteiger partial charge < -0.3 is 10.5 Å². The Hall–Kier alpha value is -2.73. The van der Waals surface area contributed by atoms with E-state index in [0.29, 0.717) is 12.3 Å². The number of hydrogen-bond donors (Lipinski definition) is 1. The molecular weight excluding hydrogens is 254 g/mol. The summed E-state index contributed by atoms with van der Waals surface area (Å²) in [7, 11) is 0. The Kier molecular flexibility index (Phi) is 3.38. The van der Waals surface area contributed by atoms with Gasteiger partial charge in [0, 0.05) is 6.54 Å². The van der Waals surface area contributed by atoms with E-state index >= 15 is 0 Å². The van der Waals surface area contributed by atoms with E-state index in [2.05, 4.69) is 15.1 Å². The summed E-state index contributed by atoms with van der Waals surface area (Å²) in [5.41, 5.74) is 7.22. The van der Waals surface area contributed by atoms with Crippen LogP contribution in [0.2, 0.25) is 0 Å². The van der Waals surface area contributed by atoms with Crippen LogP contribution in [0.15, 0.2) is 55.0 Å². The Morgan fingerprint density at radius 3 is 2.60 bits per heavy atom. The summed E-state index contributed by atoms with van der Waals surface area (Å²) >= 11 is 0. The molecule has 0 spiro atoms. The molecule has 0 atom stereocenters. The summed E-state index contributed by atoms with van der Waals surface area (Å²) in [5.74, 6) is 0.577. The first-order valence-electron chi connectivity index (χ1n) is 6.15. The van der Waals surface area contributed by atoms with Gasteiger partial charge in [0.15, 0.2) is 0 Å². The fraction of sp³-hybridized carbons (Fsp3) is 0.0714. The third-order valence-electron chi connectivity index (χ3n) is 2.71. The zero-order valence-corrected chi connectivity index (χ0v) is 10.7. The summed E-state index contributed by atoms with van der Waals surface area (Å²) < 4.78 is 7.18. The molecule has 0 saturated heterocycles. The van der Waals surface area contributed by atoms with Crippen molar-refractivity contribution >= 4 is 0 Å². The molecule has 2 aromatic heterocycles. The average molecular weight is 267 g/mol. The highest BCUT2D eigenvalue weighted by atomic mass is 16.5. The van der Waals surface area contributed by atoms with Crippen LogP contribution >= 0.6 is 0 Å². The second-order valence-electron chi connectivity index (χ2n) is 4.10. The zero-order valence-electron chi connectivity index (χ0n) is 10.7. The quantitative estimate of drug-likeness (QED) is 0.781. The lowest BCUT2D eigenvalue weighted by Gasteiger charge is -2.01. The highest BCUT2D eigenvalue weighted by molar-refractivity contribution is 5.30. The van der Waals surface area contributed by atoms with E-state index in [1.54, 1.807) is 23.3 Å². The van der Waals surface area contributed by atoms with Gasteiger partial charge in [-0.15, -0.1) is 5.10 Å². The van der Waals surface area contributed by atoms with Crippen molar-refractivity contribution in [2.24, 2.45) is 5.73 Å². The van der Waals surface area contributed by atoms with Crippen LogP contribution in [-0.4, -0.2) is 19.7 Å². The van der Waals surface area contributed by atoms with Gasteiger partial charge in [0.1, 0.15) is 12.1 Å². The predicted molar refractivity (Wildman–Crippen MR) is 73.6 cm³/mol. The molecule has 1 aromatic carbocycles. The molecular formula is C14H13N5O. The average Bonchev–Trinajstić information content (AvgIpc) is 2.97. The summed E-state index contributed by atoms with van der Waals surface area (Å²) in [4.78, 5) is 8.25. The minimum absolute atomic E-state index is 0.274. The molecule has 6 nitrogen and oxygen atoms in total. The second-order valence-corrected chi connectivity index (χ2v) is 4.10. The molecule has 3 aromatic rings. The standard InChI is InChI=1S/C14H13N5O/c15-8-11-6-7-13(9-16-11)20-14-17-10-19(18-14)12-4-2-1-3-5-12/h1-7,9-10H,8,15H2. The van der Waals surface area contributed by atoms with Crippen molar-refractivity contribution in [1.82, 2.24) is 19.7 Å². The number of aromatic nitrogens is 4. The van der Waals surface area contributed by atoms with Crippen LogP contribution < -0.4 is 10.5 Å². The van der Waals surface area contributed by atoms with E-state index < -0.39 is 0 Å². The fourth-order valence-electron chi connectivity index (χ4n) is 1.70. The maximum Gasteiger partial charge on any atom is 0.341 e. The summed E-state index contributed by atoms with van der Waals surface area (Å²) in [6.45, 7) is 0.404. The van der Waals surface area contributed by atoms with E-state index in [0.717, 1.165) is 11.4 Å². The topological polar surface area (TPSA) is 78.9 Å². The van der Waals surface area contributed by atoms with E-state index in [4.69, 9.17) is 10.5 Å². The lowest BCUT2D eigenvalue weighted by molar-refractivity contribution is 0.439. The minimum Gasteiger partial charge on any atom is -0.422 e. The van der Waals surface area contributed by atoms with Crippen LogP contribution in [0.25, 0.3) is 5.69 Å². The first-order chi connectivity index (χ1) is 9.85. The molecule has 0 bridgehead atoms. The van der Waals surface area contributed by atoms with Crippen LogP contribution in [-0.2, 0) is 6.54 Å². The van der Waals surface area contributed by atoms with E-state index in [-0.39, 0.29) is 6.01 Å². The molecule has 6 heteroatoms. The number of nitrogens with zero attached hydrogens (tertiary/aromatic N) is 4. The van der Waals surface area contributed by atoms with Gasteiger partial charge in [0.25, 0.3) is 0 Å². The van der Waals surface area contributed by atoms with Crippen molar-refractivity contribution < 1.29 is 4.74 Å². The van der Waals surface area contributed by atoms with E-state index in [1.165, 1.54) is 0 Å². The number of ether oxygens (including phenoxy) is 1. The number of pyridine rings is 1. The highest BCUT2D eigenvalue weighted by Gasteiger charge is 2.05. The number of para-hydroxylation sites is 1. The van der Waals surface area contributed by atoms with Crippen LogP contribution in [0.1, 0.15) is 5.69 Å². The Morgan fingerprint density at radius 2 is 1.90 bits per heavy atom. The summed E-state index contributed by atoms with van der Waals surface area (Å²) in [6, 6.07) is 13.6. The molecule has 0 aliphatic rings. The van der Waals surface area contributed by atoms with Crippen molar-refractivity contribution in [2.75, 3.05) is 0 Å². The largest absolute Gasteiger partial charge is 0.422 e. The number of nitrogens with two attached hydrogens (primary N) is 1. The van der Waals surface area contributed by atoms with Gasteiger partial charge in [-0.2, -0.15) is 4.98 Å². The van der Waals surface area contributed by atoms with Gasteiger partial charge in [-0.25, -0.2) is 4.68 Å². The first kappa shape index (κ1) is 12.3. The molecule has 0 radical (unpaired) electrons. The van der Waals surface area contributed by atoms with Gasteiger partial charge in [-0.1, -0.05) is 18.2 Å². The molecule has 2 heterocycles. The van der Waals surface area contributed by atoms with Crippen molar-refractivity contribution in [3.05, 3.63) is 60.7 Å². The second kappa shape index (κ2) is 5.50. The Labute approximate surface area is 115 Å². The highest BCUT2D eigenvalue weighted by Crippen LogP contribution is 2.17. The van der Waals surface area contributed by atoms with E-state index in [1.807, 2.05) is 36.4 Å². The molecule has 2 N–H and O–H groups in total. The van der Waals surface area contributed by atoms with Crippen LogP contribution in [0.5, 0.6) is 11.8 Å². The zero-order chi connectivity index (χ0) is 13.8. The van der Waals surface area contributed by atoms with Gasteiger partial charge in [0.05, 0.1) is 17.6 Å². The smallest absolute Gasteiger partial charge is 0.341 e. The van der Waals surface area contributed by atoms with Gasteiger partial charge in [-0.3, -0.25) is 4.98 Å². The minimum atomic E-state index is 0.274. The maximum atomic E-state index is 5.53. The Bertz CT molecular complexity index is 678. The van der Waals surface area contributed by atoms with Gasteiger partial charge in [-0.05, 0) is 24.3 Å². The third kappa shape index (κ3) is 2.65. The van der Waals surface area contributed by atoms with Crippen LogP contribution in [0.3, 0.4) is 0 Å². The molecule has 3 rings (SSSR count). The molecule has 0 fully saturated rings. The monoisotopic (exact) mass is 267 g/mol. The van der Waals surface area contributed by atoms with Crippen molar-refractivity contribution in [3.8, 4) is 17.4 Å². The maximum absolute atomic E-state index is 5.53. The predicted octanol–water partition coefficient (Wildman–Crippen LogP) is 1.91. The first-order valence-corrected chi connectivity index (χ1v) is 6.15. The molecule has 0 saturated carbocycles. The lowest BCUT2D eigenvalue weighted by Crippen LogP contribution is -1.99. The van der Waals surface area contributed by atoms with Crippen LogP contribution in [0.4, 0.5) is 0 Å². The number of hydrogen-bond acceptors (Lipinski definition) is 5. The molecule has 20 heavy (non-hydrogen) atoms. The Morgan fingerprint density at radius 1 is 1.05 bits per heavy atom. The van der Waals surface area contributed by atoms with Crippen molar-refractivity contribution in [2.45, 2.75) is 6.54 Å². The molecule has 0 aliphatic carbocycles. The Balaban J connectivity index is 1.77. The summed E-state index contributed by atoms with van der Waals surface area (Å²) in [6.07, 6.45) is 3.21. The van der Waals surface area contributed by atoms with Gasteiger partial charge in [0.2, 0.25) is 0 Å². The van der Waals surface area contributed by atoms with Crippen molar-refractivity contribution in [3.63, 3.8) is 0 Å². The molecule has 0 aliphatic heterocycles. The third-order valence-corrected chi connectivity index (χ3v) is 2.71. The number of benzene rings is 1. The van der Waals surface area contributed by atoms with E-state index in [9.17, 15) is 0 Å². The van der Waals surface area contributed by atoms with Crippen LogP contribution in [0, 0.1) is 0 Å². The summed E-state index contributed by atoms with van der Waals surface area (Å²) in [5, 5.41) is 4.25. The fourth-order valence-corrected chi connectivity index (χ4v) is 1.70. The normalized spacial score (nSPS) is 10.4. The number of rotatable bonds is 4. The van der Waals surface area contributed by atoms with Crippen molar-refractivity contribution in [1.29, 1.82) is 0 Å². The van der Waals surface area contributed by atoms with Gasteiger partial charge >= 0.3 is 6.01 Å². The molecule has 100 valence electrons. The lowest BCUT2D eigenvalue weighted by atomic mass is 10.3.